The number of nitriles is 1. The Morgan fingerprint density at radius 1 is 1.24 bits per heavy atom. The Hall–Kier alpha value is -2.55. The van der Waals surface area contributed by atoms with E-state index in [1.54, 1.807) is 0 Å². The molecule has 2 aromatic rings. The molecule has 0 bridgehead atoms. The molecule has 1 aliphatic carbocycles. The summed E-state index contributed by atoms with van der Waals surface area (Å²) in [6.07, 6.45) is 6.26. The molecule has 1 spiro atoms. The van der Waals surface area contributed by atoms with Gasteiger partial charge in [-0.3, -0.25) is 4.79 Å². The Morgan fingerprint density at radius 3 is 2.52 bits per heavy atom. The maximum atomic E-state index is 12.4. The lowest BCUT2D eigenvalue weighted by Crippen LogP contribution is -2.44. The molecule has 130 valence electrons. The molecule has 2 fully saturated rings. The molecule has 1 saturated heterocycles. The molecule has 2 aromatic heterocycles. The molecule has 0 aromatic carbocycles. The monoisotopic (exact) mass is 337 g/mol. The van der Waals surface area contributed by atoms with Crippen molar-refractivity contribution in [1.82, 2.24) is 9.97 Å². The van der Waals surface area contributed by atoms with E-state index < -0.39 is 0 Å². The number of rotatable bonds is 2. The van der Waals surface area contributed by atoms with Crippen LogP contribution in [0.2, 0.25) is 0 Å². The summed E-state index contributed by atoms with van der Waals surface area (Å²) in [6.45, 7) is 1.78. The van der Waals surface area contributed by atoms with Gasteiger partial charge in [-0.1, -0.05) is 6.42 Å². The summed E-state index contributed by atoms with van der Waals surface area (Å²) in [6, 6.07) is 5.87. The number of hydrogen-bond acceptors (Lipinski definition) is 5. The smallest absolute Gasteiger partial charge is 0.268 e. The van der Waals surface area contributed by atoms with Crippen molar-refractivity contribution in [3.8, 4) is 6.07 Å². The number of aromatic nitrogens is 2. The average Bonchev–Trinajstić information content (AvgIpc) is 2.59. The second-order valence-corrected chi connectivity index (χ2v) is 7.59. The fourth-order valence-corrected chi connectivity index (χ4v) is 4.18. The Morgan fingerprint density at radius 2 is 1.96 bits per heavy atom. The lowest BCUT2D eigenvalue weighted by atomic mass is 9.63. The number of hydrogen-bond donors (Lipinski definition) is 1. The van der Waals surface area contributed by atoms with Crippen LogP contribution in [0.1, 0.15) is 37.7 Å². The van der Waals surface area contributed by atoms with Crippen LogP contribution < -0.4 is 15.4 Å². The molecule has 6 heteroatoms. The molecule has 0 amide bonds. The minimum absolute atomic E-state index is 0.181. The van der Waals surface area contributed by atoms with Crippen LogP contribution in [0.5, 0.6) is 0 Å². The SMILES string of the molecule is CN(C)c1ccc2[nH]c(=O)c(C#N)c(N3CCC4(CCC4)CC3)c2n1. The molecule has 0 unspecified atom stereocenters. The lowest BCUT2D eigenvalue weighted by molar-refractivity contribution is 0.0955. The first-order valence-corrected chi connectivity index (χ1v) is 8.92. The van der Waals surface area contributed by atoms with E-state index in [4.69, 9.17) is 4.98 Å². The predicted octanol–water partition coefficient (Wildman–Crippen LogP) is 2.63. The van der Waals surface area contributed by atoms with Gasteiger partial charge in [-0.05, 0) is 43.2 Å². The molecular weight excluding hydrogens is 314 g/mol. The quantitative estimate of drug-likeness (QED) is 0.912. The van der Waals surface area contributed by atoms with Gasteiger partial charge >= 0.3 is 0 Å². The molecular formula is C19H23N5O. The molecule has 3 heterocycles. The van der Waals surface area contributed by atoms with Crippen LogP contribution in [0.15, 0.2) is 16.9 Å². The third-order valence-electron chi connectivity index (χ3n) is 5.94. The summed E-state index contributed by atoms with van der Waals surface area (Å²) < 4.78 is 0. The fraction of sp³-hybridized carbons (Fsp3) is 0.526. The van der Waals surface area contributed by atoms with E-state index in [0.29, 0.717) is 22.1 Å². The van der Waals surface area contributed by atoms with Crippen LogP contribution in [-0.2, 0) is 0 Å². The van der Waals surface area contributed by atoms with Gasteiger partial charge in [0.1, 0.15) is 23.0 Å². The van der Waals surface area contributed by atoms with Gasteiger partial charge < -0.3 is 14.8 Å². The van der Waals surface area contributed by atoms with Gasteiger partial charge in [-0.25, -0.2) is 4.98 Å². The molecule has 6 nitrogen and oxygen atoms in total. The van der Waals surface area contributed by atoms with Crippen LogP contribution in [0.3, 0.4) is 0 Å². The molecule has 2 aliphatic rings. The first kappa shape index (κ1) is 15.9. The topological polar surface area (TPSA) is 76.0 Å². The van der Waals surface area contributed by atoms with Crippen molar-refractivity contribution < 1.29 is 0 Å². The first-order valence-electron chi connectivity index (χ1n) is 8.92. The van der Waals surface area contributed by atoms with Crippen LogP contribution in [0.25, 0.3) is 11.0 Å². The maximum absolute atomic E-state index is 12.4. The lowest BCUT2D eigenvalue weighted by Gasteiger charge is -2.48. The third-order valence-corrected chi connectivity index (χ3v) is 5.94. The molecule has 1 aliphatic heterocycles. The van der Waals surface area contributed by atoms with Gasteiger partial charge in [0.2, 0.25) is 0 Å². The first-order chi connectivity index (χ1) is 12.0. The van der Waals surface area contributed by atoms with Crippen molar-refractivity contribution in [2.24, 2.45) is 5.41 Å². The van der Waals surface area contributed by atoms with Crippen molar-refractivity contribution in [3.63, 3.8) is 0 Å². The Labute approximate surface area is 147 Å². The predicted molar refractivity (Wildman–Crippen MR) is 99.1 cm³/mol. The normalized spacial score (nSPS) is 18.8. The van der Waals surface area contributed by atoms with Gasteiger partial charge in [0.05, 0.1) is 11.2 Å². The van der Waals surface area contributed by atoms with Gasteiger partial charge in [-0.15, -0.1) is 0 Å². The van der Waals surface area contributed by atoms with E-state index in [-0.39, 0.29) is 11.1 Å². The number of H-pyrrole nitrogens is 1. The molecule has 25 heavy (non-hydrogen) atoms. The van der Waals surface area contributed by atoms with E-state index in [2.05, 4.69) is 16.0 Å². The summed E-state index contributed by atoms with van der Waals surface area (Å²) in [5, 5.41) is 9.59. The van der Waals surface area contributed by atoms with Crippen LogP contribution in [-0.4, -0.2) is 37.2 Å². The van der Waals surface area contributed by atoms with Gasteiger partial charge in [0.15, 0.2) is 0 Å². The summed E-state index contributed by atoms with van der Waals surface area (Å²) in [7, 11) is 3.87. The number of nitrogens with zero attached hydrogens (tertiary/aromatic N) is 4. The van der Waals surface area contributed by atoms with E-state index >= 15 is 0 Å². The zero-order valence-electron chi connectivity index (χ0n) is 14.8. The van der Waals surface area contributed by atoms with Crippen molar-refractivity contribution in [2.75, 3.05) is 37.0 Å². The van der Waals surface area contributed by atoms with Crippen molar-refractivity contribution in [3.05, 3.63) is 28.0 Å². The number of anilines is 2. The molecule has 0 radical (unpaired) electrons. The van der Waals surface area contributed by atoms with Crippen LogP contribution >= 0.6 is 0 Å². The number of nitrogens with one attached hydrogen (secondary N) is 1. The zero-order chi connectivity index (χ0) is 17.6. The summed E-state index contributed by atoms with van der Waals surface area (Å²) in [4.78, 5) is 24.1. The van der Waals surface area contributed by atoms with Gasteiger partial charge in [-0.2, -0.15) is 5.26 Å². The average molecular weight is 337 g/mol. The molecule has 1 N–H and O–H groups in total. The number of aromatic amines is 1. The maximum Gasteiger partial charge on any atom is 0.268 e. The fourth-order valence-electron chi connectivity index (χ4n) is 4.18. The highest BCUT2D eigenvalue weighted by Gasteiger charge is 2.40. The van der Waals surface area contributed by atoms with Crippen molar-refractivity contribution in [1.29, 1.82) is 5.26 Å². The zero-order valence-corrected chi connectivity index (χ0v) is 14.8. The number of piperidine rings is 1. The highest BCUT2D eigenvalue weighted by molar-refractivity contribution is 5.92. The largest absolute Gasteiger partial charge is 0.368 e. The summed E-state index contributed by atoms with van der Waals surface area (Å²) in [5.41, 5.74) is 2.48. The number of fused-ring (bicyclic) bond motifs is 1. The van der Waals surface area contributed by atoms with E-state index in [0.717, 1.165) is 31.7 Å². The van der Waals surface area contributed by atoms with Crippen molar-refractivity contribution in [2.45, 2.75) is 32.1 Å². The Bertz CT molecular complexity index is 910. The standard InChI is InChI=1S/C19H23N5O/c1-23(2)15-5-4-14-16(22-15)17(13(12-20)18(25)21-14)24-10-8-19(9-11-24)6-3-7-19/h4-5H,3,6-11H2,1-2H3,(H,21,25). The van der Waals surface area contributed by atoms with Gasteiger partial charge in [0.25, 0.3) is 5.56 Å². The minimum Gasteiger partial charge on any atom is -0.368 e. The minimum atomic E-state index is -0.326. The molecule has 4 rings (SSSR count). The Balaban J connectivity index is 1.83. The molecule has 1 saturated carbocycles. The highest BCUT2D eigenvalue weighted by Crippen LogP contribution is 2.49. The van der Waals surface area contributed by atoms with Crippen LogP contribution in [0, 0.1) is 16.7 Å². The van der Waals surface area contributed by atoms with E-state index in [1.807, 2.05) is 31.1 Å². The van der Waals surface area contributed by atoms with Crippen LogP contribution in [0.4, 0.5) is 11.5 Å². The second-order valence-electron chi connectivity index (χ2n) is 7.59. The van der Waals surface area contributed by atoms with E-state index in [1.165, 1.54) is 19.3 Å². The third kappa shape index (κ3) is 2.55. The van der Waals surface area contributed by atoms with Crippen molar-refractivity contribution >= 4 is 22.5 Å². The highest BCUT2D eigenvalue weighted by atomic mass is 16.1. The second kappa shape index (κ2) is 5.76. The Kier molecular flexibility index (Phi) is 3.68. The summed E-state index contributed by atoms with van der Waals surface area (Å²) in [5.74, 6) is 0.817. The number of pyridine rings is 2. The van der Waals surface area contributed by atoms with E-state index in [9.17, 15) is 10.1 Å². The molecule has 0 atom stereocenters. The van der Waals surface area contributed by atoms with Gasteiger partial charge in [0, 0.05) is 27.2 Å². The summed E-state index contributed by atoms with van der Waals surface area (Å²) >= 11 is 0.